The number of carbonyl (C=O) groups is 1. The molecular weight excluding hydrogens is 483 g/mol. The third-order valence-corrected chi connectivity index (χ3v) is 5.02. The Kier molecular flexibility index (Phi) is 8.97. The minimum absolute atomic E-state index is 0.174. The van der Waals surface area contributed by atoms with E-state index < -0.39 is 17.6 Å². The highest BCUT2D eigenvalue weighted by Crippen LogP contribution is 2.31. The summed E-state index contributed by atoms with van der Waals surface area (Å²) in [5.41, 5.74) is 3.18. The Hall–Kier alpha value is -3.72. The Labute approximate surface area is 205 Å². The lowest BCUT2D eigenvalue weighted by Crippen LogP contribution is -2.26. The highest BCUT2D eigenvalue weighted by molar-refractivity contribution is 6.31. The van der Waals surface area contributed by atoms with E-state index in [-0.39, 0.29) is 18.8 Å². The van der Waals surface area contributed by atoms with E-state index in [4.69, 9.17) is 21.1 Å². The molecule has 10 heteroatoms. The highest BCUT2D eigenvalue weighted by Gasteiger charge is 2.30. The van der Waals surface area contributed by atoms with E-state index in [0.29, 0.717) is 28.7 Å². The Morgan fingerprint density at radius 3 is 2.57 bits per heavy atom. The van der Waals surface area contributed by atoms with Crippen molar-refractivity contribution in [3.05, 3.63) is 88.4 Å². The molecule has 0 fully saturated rings. The average Bonchev–Trinajstić information content (AvgIpc) is 2.83. The predicted molar refractivity (Wildman–Crippen MR) is 129 cm³/mol. The molecule has 3 aromatic carbocycles. The van der Waals surface area contributed by atoms with Crippen molar-refractivity contribution in [1.29, 1.82) is 0 Å². The van der Waals surface area contributed by atoms with Crippen molar-refractivity contribution in [3.63, 3.8) is 0 Å². The van der Waals surface area contributed by atoms with Gasteiger partial charge in [0.25, 0.3) is 5.91 Å². The molecule has 0 unspecified atom stereocenters. The molecule has 0 heterocycles. The summed E-state index contributed by atoms with van der Waals surface area (Å²) in [6, 6.07) is 17.1. The van der Waals surface area contributed by atoms with Gasteiger partial charge in [0.1, 0.15) is 6.61 Å². The molecule has 0 spiro atoms. The first kappa shape index (κ1) is 25.9. The van der Waals surface area contributed by atoms with Gasteiger partial charge in [0.15, 0.2) is 11.5 Å². The number of alkyl halides is 3. The minimum Gasteiger partial charge on any atom is -0.490 e. The van der Waals surface area contributed by atoms with Gasteiger partial charge in [-0.25, -0.2) is 5.43 Å². The summed E-state index contributed by atoms with van der Waals surface area (Å²) in [4.78, 5) is 12.0. The zero-order valence-electron chi connectivity index (χ0n) is 18.7. The third-order valence-electron chi connectivity index (χ3n) is 4.65. The van der Waals surface area contributed by atoms with E-state index in [1.807, 2.05) is 25.1 Å². The van der Waals surface area contributed by atoms with Crippen molar-refractivity contribution in [1.82, 2.24) is 5.43 Å². The minimum atomic E-state index is -4.46. The fraction of sp³-hybridized carbons (Fsp3) is 0.200. The lowest BCUT2D eigenvalue weighted by atomic mass is 10.2. The molecule has 1 amide bonds. The highest BCUT2D eigenvalue weighted by atomic mass is 35.5. The topological polar surface area (TPSA) is 72.0 Å². The quantitative estimate of drug-likeness (QED) is 0.266. The lowest BCUT2D eigenvalue weighted by Gasteiger charge is -2.13. The molecule has 0 aliphatic heterocycles. The first-order chi connectivity index (χ1) is 16.8. The number of ether oxygens (including phenoxy) is 2. The summed E-state index contributed by atoms with van der Waals surface area (Å²) in [6.45, 7) is 2.27. The molecule has 0 bridgehead atoms. The van der Waals surface area contributed by atoms with Gasteiger partial charge in [0, 0.05) is 16.3 Å². The summed E-state index contributed by atoms with van der Waals surface area (Å²) in [6.07, 6.45) is -3.04. The molecule has 35 heavy (non-hydrogen) atoms. The number of halogens is 4. The predicted octanol–water partition coefficient (Wildman–Crippen LogP) is 5.90. The summed E-state index contributed by atoms with van der Waals surface area (Å²) in [7, 11) is 0. The van der Waals surface area contributed by atoms with Crippen molar-refractivity contribution in [3.8, 4) is 11.5 Å². The van der Waals surface area contributed by atoms with Gasteiger partial charge < -0.3 is 14.8 Å². The van der Waals surface area contributed by atoms with Crippen LogP contribution >= 0.6 is 11.6 Å². The van der Waals surface area contributed by atoms with Crippen molar-refractivity contribution >= 4 is 29.4 Å². The Morgan fingerprint density at radius 2 is 1.83 bits per heavy atom. The van der Waals surface area contributed by atoms with Gasteiger partial charge in [-0.05, 0) is 55.0 Å². The van der Waals surface area contributed by atoms with Crippen molar-refractivity contribution in [2.75, 3.05) is 18.5 Å². The maximum absolute atomic E-state index is 12.8. The Balaban J connectivity index is 1.55. The first-order valence-corrected chi connectivity index (χ1v) is 11.0. The van der Waals surface area contributed by atoms with E-state index in [1.165, 1.54) is 18.3 Å². The van der Waals surface area contributed by atoms with E-state index in [1.54, 1.807) is 24.3 Å². The number of amides is 1. The molecule has 0 aliphatic rings. The molecule has 2 N–H and O–H groups in total. The zero-order chi connectivity index (χ0) is 25.3. The second kappa shape index (κ2) is 12.1. The van der Waals surface area contributed by atoms with Gasteiger partial charge in [-0.2, -0.15) is 18.3 Å². The number of hydrogen-bond donors (Lipinski definition) is 2. The number of hydrogen-bond acceptors (Lipinski definition) is 5. The molecule has 0 radical (unpaired) electrons. The third kappa shape index (κ3) is 7.92. The monoisotopic (exact) mass is 505 g/mol. The van der Waals surface area contributed by atoms with Gasteiger partial charge in [-0.3, -0.25) is 4.79 Å². The number of rotatable bonds is 10. The Morgan fingerprint density at radius 1 is 1.03 bits per heavy atom. The molecule has 3 aromatic rings. The summed E-state index contributed by atoms with van der Waals surface area (Å²) in [5, 5.41) is 7.13. The summed E-state index contributed by atoms with van der Waals surface area (Å²) < 4.78 is 49.9. The molecule has 6 nitrogen and oxygen atoms in total. The summed E-state index contributed by atoms with van der Waals surface area (Å²) >= 11 is 6.17. The number of hydrazone groups is 1. The van der Waals surface area contributed by atoms with Crippen molar-refractivity contribution < 1.29 is 27.4 Å². The largest absolute Gasteiger partial charge is 0.490 e. The number of nitrogens with zero attached hydrogens (tertiary/aromatic N) is 1. The normalized spacial score (nSPS) is 11.3. The molecule has 184 valence electrons. The van der Waals surface area contributed by atoms with Crippen LogP contribution in [0.5, 0.6) is 11.5 Å². The standard InChI is InChI=1S/C25H23ClF3N3O3/c1-2-34-23-12-17(10-11-22(23)35-16-18-6-3-4-9-21(18)26)14-31-32-24(33)15-30-20-8-5-7-19(13-20)25(27,28)29/h3-14,30H,2,15-16H2,1H3,(H,32,33)/b31-14-. The van der Waals surface area contributed by atoms with E-state index in [0.717, 1.165) is 17.7 Å². The van der Waals surface area contributed by atoms with Crippen LogP contribution in [-0.4, -0.2) is 25.3 Å². The zero-order valence-corrected chi connectivity index (χ0v) is 19.5. The molecule has 0 aliphatic carbocycles. The van der Waals surface area contributed by atoms with Gasteiger partial charge in [0.2, 0.25) is 0 Å². The van der Waals surface area contributed by atoms with Crippen LogP contribution in [0.1, 0.15) is 23.6 Å². The first-order valence-electron chi connectivity index (χ1n) is 10.6. The van der Waals surface area contributed by atoms with Crippen LogP contribution in [-0.2, 0) is 17.6 Å². The molecule has 0 atom stereocenters. The van der Waals surface area contributed by atoms with Crippen LogP contribution in [0.15, 0.2) is 71.8 Å². The average molecular weight is 506 g/mol. The van der Waals surface area contributed by atoms with E-state index in [2.05, 4.69) is 15.8 Å². The smallest absolute Gasteiger partial charge is 0.416 e. The van der Waals surface area contributed by atoms with Gasteiger partial charge in [0.05, 0.1) is 24.9 Å². The van der Waals surface area contributed by atoms with Crippen LogP contribution in [0.25, 0.3) is 0 Å². The van der Waals surface area contributed by atoms with Crippen LogP contribution in [0.3, 0.4) is 0 Å². The maximum atomic E-state index is 12.8. The molecular formula is C25H23ClF3N3O3. The SMILES string of the molecule is CCOc1cc(/C=N\NC(=O)CNc2cccc(C(F)(F)F)c2)ccc1OCc1ccccc1Cl. The second-order valence-corrected chi connectivity index (χ2v) is 7.65. The summed E-state index contributed by atoms with van der Waals surface area (Å²) in [5.74, 6) is 0.502. The molecule has 3 rings (SSSR count). The molecule has 0 aromatic heterocycles. The fourth-order valence-electron chi connectivity index (χ4n) is 2.97. The second-order valence-electron chi connectivity index (χ2n) is 7.24. The van der Waals surface area contributed by atoms with Gasteiger partial charge in [-0.15, -0.1) is 0 Å². The van der Waals surface area contributed by atoms with E-state index >= 15 is 0 Å². The number of carbonyl (C=O) groups excluding carboxylic acids is 1. The van der Waals surface area contributed by atoms with Crippen molar-refractivity contribution in [2.24, 2.45) is 5.10 Å². The van der Waals surface area contributed by atoms with Crippen LogP contribution < -0.4 is 20.2 Å². The fourth-order valence-corrected chi connectivity index (χ4v) is 3.16. The molecule has 0 saturated carbocycles. The maximum Gasteiger partial charge on any atom is 0.416 e. The van der Waals surface area contributed by atoms with Crippen molar-refractivity contribution in [2.45, 2.75) is 19.7 Å². The number of benzene rings is 3. The number of anilines is 1. The van der Waals surface area contributed by atoms with Crippen LogP contribution in [0.4, 0.5) is 18.9 Å². The number of nitrogens with one attached hydrogen (secondary N) is 2. The van der Waals surface area contributed by atoms with Gasteiger partial charge in [-0.1, -0.05) is 35.9 Å². The van der Waals surface area contributed by atoms with Gasteiger partial charge >= 0.3 is 6.18 Å². The Bertz CT molecular complexity index is 1190. The van der Waals surface area contributed by atoms with Crippen LogP contribution in [0, 0.1) is 0 Å². The van der Waals surface area contributed by atoms with Crippen LogP contribution in [0.2, 0.25) is 5.02 Å². The molecule has 0 saturated heterocycles. The van der Waals surface area contributed by atoms with E-state index in [9.17, 15) is 18.0 Å². The lowest BCUT2D eigenvalue weighted by molar-refractivity contribution is -0.137.